The van der Waals surface area contributed by atoms with Gasteiger partial charge in [0, 0.05) is 50.6 Å². The first kappa shape index (κ1) is 17.3. The van der Waals surface area contributed by atoms with Gasteiger partial charge in [0.2, 0.25) is 0 Å². The normalized spacial score (nSPS) is 16.8. The highest BCUT2D eigenvalue weighted by Crippen LogP contribution is 2.23. The topological polar surface area (TPSA) is 98.8 Å². The molecule has 8 heteroatoms. The zero-order chi connectivity index (χ0) is 18.8. The minimum absolute atomic E-state index is 0.285. The van der Waals surface area contributed by atoms with Crippen molar-refractivity contribution in [3.63, 3.8) is 0 Å². The Balaban J connectivity index is 1.44. The van der Waals surface area contributed by atoms with Crippen LogP contribution in [0.4, 0.5) is 5.82 Å². The molecule has 0 saturated carbocycles. The second kappa shape index (κ2) is 7.24. The number of hydrogen-bond acceptors (Lipinski definition) is 5. The minimum atomic E-state index is -0.473. The molecule has 1 fully saturated rings. The van der Waals surface area contributed by atoms with Gasteiger partial charge in [-0.1, -0.05) is 24.3 Å². The molecule has 140 valence electrons. The summed E-state index contributed by atoms with van der Waals surface area (Å²) >= 11 is 0. The summed E-state index contributed by atoms with van der Waals surface area (Å²) in [7, 11) is 1.94. The van der Waals surface area contributed by atoms with Crippen LogP contribution in [0.3, 0.4) is 0 Å². The van der Waals surface area contributed by atoms with Gasteiger partial charge in [0.25, 0.3) is 5.56 Å². The first-order valence-electron chi connectivity index (χ1n) is 8.98. The van der Waals surface area contributed by atoms with E-state index in [1.165, 1.54) is 17.2 Å². The van der Waals surface area contributed by atoms with E-state index in [0.29, 0.717) is 5.82 Å². The zero-order valence-electron chi connectivity index (χ0n) is 15.1. The molecule has 0 aliphatic carbocycles. The van der Waals surface area contributed by atoms with Crippen LogP contribution in [0, 0.1) is 0 Å². The molecular weight excluding hydrogens is 344 g/mol. The highest BCUT2D eigenvalue weighted by molar-refractivity contribution is 5.63. The van der Waals surface area contributed by atoms with Crippen LogP contribution in [-0.2, 0) is 13.6 Å². The van der Waals surface area contributed by atoms with E-state index in [2.05, 4.69) is 32.5 Å². The molecule has 8 nitrogen and oxygen atoms in total. The van der Waals surface area contributed by atoms with Crippen molar-refractivity contribution in [2.24, 2.45) is 7.05 Å². The second-order valence-electron chi connectivity index (χ2n) is 6.78. The maximum absolute atomic E-state index is 11.5. The molecule has 1 atom stereocenters. The molecule has 0 bridgehead atoms. The fourth-order valence-electron chi connectivity index (χ4n) is 3.59. The first-order valence-corrected chi connectivity index (χ1v) is 8.98. The van der Waals surface area contributed by atoms with Crippen LogP contribution in [0.25, 0.3) is 11.3 Å². The molecular formula is C19H22N6O2. The molecule has 3 aromatic rings. The van der Waals surface area contributed by atoms with E-state index in [0.717, 1.165) is 31.7 Å². The van der Waals surface area contributed by atoms with E-state index < -0.39 is 5.69 Å². The highest BCUT2D eigenvalue weighted by atomic mass is 16.2. The smallest absolute Gasteiger partial charge is 0.327 e. The lowest BCUT2D eigenvalue weighted by Crippen LogP contribution is -2.34. The molecule has 1 saturated heterocycles. The van der Waals surface area contributed by atoms with E-state index in [9.17, 15) is 9.59 Å². The van der Waals surface area contributed by atoms with Crippen molar-refractivity contribution in [2.75, 3.05) is 18.0 Å². The van der Waals surface area contributed by atoms with Gasteiger partial charge in [-0.15, -0.1) is 0 Å². The summed E-state index contributed by atoms with van der Waals surface area (Å²) in [5.41, 5.74) is 2.61. The zero-order valence-corrected chi connectivity index (χ0v) is 15.1. The van der Waals surface area contributed by atoms with Gasteiger partial charge in [-0.2, -0.15) is 5.10 Å². The fourth-order valence-corrected chi connectivity index (χ4v) is 3.59. The molecule has 0 unspecified atom stereocenters. The van der Waals surface area contributed by atoms with Crippen LogP contribution in [0.2, 0.25) is 0 Å². The summed E-state index contributed by atoms with van der Waals surface area (Å²) in [6, 6.07) is 12.0. The molecule has 0 amide bonds. The van der Waals surface area contributed by atoms with E-state index in [1.807, 2.05) is 34.8 Å². The molecule has 27 heavy (non-hydrogen) atoms. The quantitative estimate of drug-likeness (QED) is 0.621. The summed E-state index contributed by atoms with van der Waals surface area (Å²) in [6.45, 7) is 2.28. The molecule has 3 heterocycles. The van der Waals surface area contributed by atoms with Crippen molar-refractivity contribution in [3.8, 4) is 11.3 Å². The van der Waals surface area contributed by atoms with Gasteiger partial charge >= 0.3 is 5.69 Å². The van der Waals surface area contributed by atoms with Crippen LogP contribution in [-0.4, -0.2) is 38.9 Å². The van der Waals surface area contributed by atoms with Crippen molar-refractivity contribution in [3.05, 3.63) is 69.0 Å². The third-order valence-corrected chi connectivity index (χ3v) is 4.97. The Morgan fingerprint density at radius 1 is 1.22 bits per heavy atom. The monoisotopic (exact) mass is 366 g/mol. The summed E-state index contributed by atoms with van der Waals surface area (Å²) in [4.78, 5) is 29.9. The molecule has 2 aromatic heterocycles. The Hall–Kier alpha value is -3.13. The molecule has 0 spiro atoms. The first-order chi connectivity index (χ1) is 13.1. The number of aromatic nitrogens is 4. The molecule has 0 radical (unpaired) electrons. The predicted molar refractivity (Wildman–Crippen MR) is 104 cm³/mol. The number of H-pyrrole nitrogens is 2. The molecule has 1 aromatic carbocycles. The third kappa shape index (κ3) is 3.70. The highest BCUT2D eigenvalue weighted by Gasteiger charge is 2.23. The Morgan fingerprint density at radius 2 is 2.07 bits per heavy atom. The Morgan fingerprint density at radius 3 is 2.85 bits per heavy atom. The number of anilines is 1. The summed E-state index contributed by atoms with van der Waals surface area (Å²) in [6.07, 6.45) is 2.75. The Kier molecular flexibility index (Phi) is 4.64. The predicted octanol–water partition coefficient (Wildman–Crippen LogP) is 0.832. The number of nitrogens with zero attached hydrogens (tertiary/aromatic N) is 3. The number of nitrogens with one attached hydrogen (secondary N) is 3. The van der Waals surface area contributed by atoms with Crippen LogP contribution < -0.4 is 21.5 Å². The van der Waals surface area contributed by atoms with Crippen molar-refractivity contribution in [1.29, 1.82) is 0 Å². The average molecular weight is 366 g/mol. The van der Waals surface area contributed by atoms with Crippen molar-refractivity contribution < 1.29 is 0 Å². The van der Waals surface area contributed by atoms with Crippen molar-refractivity contribution in [2.45, 2.75) is 19.0 Å². The number of benzene rings is 1. The van der Waals surface area contributed by atoms with Gasteiger partial charge in [-0.25, -0.2) is 4.79 Å². The van der Waals surface area contributed by atoms with Gasteiger partial charge in [0.05, 0.1) is 5.69 Å². The average Bonchev–Trinajstić information content (AvgIpc) is 3.28. The third-order valence-electron chi connectivity index (χ3n) is 4.97. The molecule has 3 N–H and O–H groups in total. The van der Waals surface area contributed by atoms with Crippen LogP contribution in [0.15, 0.2) is 52.2 Å². The van der Waals surface area contributed by atoms with Gasteiger partial charge in [-0.3, -0.25) is 19.4 Å². The Labute approximate surface area is 155 Å². The van der Waals surface area contributed by atoms with Crippen molar-refractivity contribution >= 4 is 5.82 Å². The number of hydrogen-bond donors (Lipinski definition) is 3. The minimum Gasteiger partial charge on any atom is -0.356 e. The molecule has 1 aliphatic rings. The number of aromatic amines is 2. The van der Waals surface area contributed by atoms with Gasteiger partial charge in [0.1, 0.15) is 5.82 Å². The van der Waals surface area contributed by atoms with Crippen LogP contribution in [0.5, 0.6) is 0 Å². The SMILES string of the molecule is Cn1nccc1-c1ccccc1CN[C@@H]1CCN(c2cc(=O)[nH]c(=O)[nH]2)C1. The maximum Gasteiger partial charge on any atom is 0.327 e. The standard InChI is InChI=1S/C19H22N6O2/c1-24-16(6-8-21-24)15-5-3-2-4-13(15)11-20-14-7-9-25(12-14)17-10-18(26)23-19(27)22-17/h2-6,8,10,14,20H,7,9,11-12H2,1H3,(H2,22,23,26,27)/t14-/m1/s1. The van der Waals surface area contributed by atoms with Gasteiger partial charge in [-0.05, 0) is 18.1 Å². The summed E-state index contributed by atoms with van der Waals surface area (Å²) < 4.78 is 1.87. The van der Waals surface area contributed by atoms with Crippen molar-refractivity contribution in [1.82, 2.24) is 25.1 Å². The van der Waals surface area contributed by atoms with Crippen LogP contribution >= 0.6 is 0 Å². The van der Waals surface area contributed by atoms with Gasteiger partial charge in [0.15, 0.2) is 0 Å². The summed E-state index contributed by atoms with van der Waals surface area (Å²) in [5.74, 6) is 0.573. The van der Waals surface area contributed by atoms with E-state index >= 15 is 0 Å². The lowest BCUT2D eigenvalue weighted by Gasteiger charge is -2.18. The Bertz CT molecular complexity index is 1020. The number of aryl methyl sites for hydroxylation is 1. The lowest BCUT2D eigenvalue weighted by atomic mass is 10.0. The largest absolute Gasteiger partial charge is 0.356 e. The second-order valence-corrected chi connectivity index (χ2v) is 6.78. The van der Waals surface area contributed by atoms with Crippen LogP contribution in [0.1, 0.15) is 12.0 Å². The van der Waals surface area contributed by atoms with E-state index in [-0.39, 0.29) is 11.6 Å². The molecule has 1 aliphatic heterocycles. The molecule has 4 rings (SSSR count). The van der Waals surface area contributed by atoms with E-state index in [4.69, 9.17) is 0 Å². The number of rotatable bonds is 5. The summed E-state index contributed by atoms with van der Waals surface area (Å²) in [5, 5.41) is 7.86. The van der Waals surface area contributed by atoms with E-state index in [1.54, 1.807) is 6.20 Å². The van der Waals surface area contributed by atoms with Gasteiger partial charge < -0.3 is 10.2 Å². The lowest BCUT2D eigenvalue weighted by molar-refractivity contribution is 0.551. The fraction of sp³-hybridized carbons (Fsp3) is 0.316. The maximum atomic E-state index is 11.5.